The highest BCUT2D eigenvalue weighted by atomic mass is 32.2. The molecule has 0 unspecified atom stereocenters. The number of allylic oxidation sites excluding steroid dienone is 1. The van der Waals surface area contributed by atoms with E-state index in [-0.39, 0.29) is 29.9 Å². The molecule has 8 nitrogen and oxygen atoms in total. The van der Waals surface area contributed by atoms with Crippen LogP contribution in [0, 0.1) is 35.5 Å². The third-order valence-electron chi connectivity index (χ3n) is 7.83. The van der Waals surface area contributed by atoms with E-state index in [1.807, 2.05) is 6.92 Å². The number of hydrogen-bond acceptors (Lipinski definition) is 6. The van der Waals surface area contributed by atoms with Crippen molar-refractivity contribution in [2.75, 3.05) is 33.9 Å². The molecule has 1 saturated carbocycles. The number of likely N-dealkylation sites (tertiary alicyclic amines) is 1. The standard InChI is InChI=1S/C24H31N3O5S/c1-5-11-23(15-25)13-18-14-26(22(28)32-4)24(16-31-3)20(18)10-12-27(21(23)24)33(29,30)19-8-6-17(2)7-9-19/h5-9,18,20-21H,1,10-14,16H2,2-4H3/t18-,20+,21-,23-,24-/m0/s1. The zero-order valence-corrected chi connectivity index (χ0v) is 20.2. The van der Waals surface area contributed by atoms with Gasteiger partial charge in [0, 0.05) is 20.2 Å². The van der Waals surface area contributed by atoms with Crippen molar-refractivity contribution in [1.29, 1.82) is 5.26 Å². The summed E-state index contributed by atoms with van der Waals surface area (Å²) in [5.74, 6) is 0.0663. The van der Waals surface area contributed by atoms with Crippen molar-refractivity contribution in [3.63, 3.8) is 0 Å². The molecule has 3 aliphatic rings. The molecule has 4 bridgehead atoms. The van der Waals surface area contributed by atoms with Gasteiger partial charge in [0.2, 0.25) is 10.0 Å². The zero-order chi connectivity index (χ0) is 24.0. The van der Waals surface area contributed by atoms with E-state index in [4.69, 9.17) is 9.47 Å². The maximum Gasteiger partial charge on any atom is 0.410 e. The van der Waals surface area contributed by atoms with Crippen molar-refractivity contribution in [2.24, 2.45) is 17.3 Å². The van der Waals surface area contributed by atoms with Crippen LogP contribution >= 0.6 is 0 Å². The summed E-state index contributed by atoms with van der Waals surface area (Å²) in [6, 6.07) is 8.41. The maximum absolute atomic E-state index is 14.0. The minimum atomic E-state index is -3.95. The third-order valence-corrected chi connectivity index (χ3v) is 9.71. The van der Waals surface area contributed by atoms with Crippen LogP contribution in [0.2, 0.25) is 0 Å². The van der Waals surface area contributed by atoms with E-state index in [1.54, 1.807) is 42.4 Å². The highest BCUT2D eigenvalue weighted by Crippen LogP contribution is 2.62. The highest BCUT2D eigenvalue weighted by Gasteiger charge is 2.73. The SMILES string of the molecule is C=CC[C@@]1(C#N)C[C@H]2CN(C(=O)OC)[C@@]3(COC)[C@@H]2CCN(S(=O)(=O)c2ccc(C)cc2)[C@@H]13. The topological polar surface area (TPSA) is 99.9 Å². The van der Waals surface area contributed by atoms with Crippen molar-refractivity contribution in [3.05, 3.63) is 42.5 Å². The van der Waals surface area contributed by atoms with E-state index >= 15 is 0 Å². The summed E-state index contributed by atoms with van der Waals surface area (Å²) < 4.78 is 40.2. The molecule has 2 aliphatic heterocycles. The Balaban J connectivity index is 1.96. The van der Waals surface area contributed by atoms with Crippen LogP contribution in [0.1, 0.15) is 24.8 Å². The predicted octanol–water partition coefficient (Wildman–Crippen LogP) is 2.95. The van der Waals surface area contributed by atoms with Crippen LogP contribution in [0.5, 0.6) is 0 Å². The van der Waals surface area contributed by atoms with Gasteiger partial charge in [0.1, 0.15) is 0 Å². The van der Waals surface area contributed by atoms with Gasteiger partial charge in [-0.15, -0.1) is 6.58 Å². The van der Waals surface area contributed by atoms with Gasteiger partial charge in [0.15, 0.2) is 0 Å². The average Bonchev–Trinajstić information content (AvgIpc) is 3.04. The molecule has 1 aromatic carbocycles. The zero-order valence-electron chi connectivity index (χ0n) is 19.4. The smallest absolute Gasteiger partial charge is 0.410 e. The fraction of sp³-hybridized carbons (Fsp3) is 0.583. The van der Waals surface area contributed by atoms with E-state index in [0.29, 0.717) is 25.8 Å². The van der Waals surface area contributed by atoms with Gasteiger partial charge in [-0.25, -0.2) is 13.2 Å². The number of methoxy groups -OCH3 is 2. The molecular weight excluding hydrogens is 442 g/mol. The monoisotopic (exact) mass is 473 g/mol. The van der Waals surface area contributed by atoms with E-state index < -0.39 is 33.1 Å². The molecule has 2 saturated heterocycles. The molecule has 0 spiro atoms. The molecule has 9 heteroatoms. The summed E-state index contributed by atoms with van der Waals surface area (Å²) in [5.41, 5.74) is -1.09. The number of ether oxygens (including phenoxy) is 2. The van der Waals surface area contributed by atoms with Gasteiger partial charge in [-0.05, 0) is 50.2 Å². The van der Waals surface area contributed by atoms with Crippen molar-refractivity contribution in [2.45, 2.75) is 42.7 Å². The number of rotatable bonds is 6. The lowest BCUT2D eigenvalue weighted by molar-refractivity contribution is -0.106. The van der Waals surface area contributed by atoms with Gasteiger partial charge in [-0.1, -0.05) is 23.8 Å². The molecule has 178 valence electrons. The first-order valence-electron chi connectivity index (χ1n) is 11.2. The Bertz CT molecular complexity index is 1080. The quantitative estimate of drug-likeness (QED) is 0.589. The second-order valence-corrected chi connectivity index (χ2v) is 11.3. The molecule has 4 rings (SSSR count). The molecule has 0 radical (unpaired) electrons. The largest absolute Gasteiger partial charge is 0.453 e. The molecule has 5 atom stereocenters. The van der Waals surface area contributed by atoms with Crippen LogP contribution in [-0.2, 0) is 19.5 Å². The number of carbonyl (C=O) groups excluding carboxylic acids is 1. The number of carbonyl (C=O) groups is 1. The molecule has 33 heavy (non-hydrogen) atoms. The number of nitrogens with zero attached hydrogens (tertiary/aromatic N) is 3. The Kier molecular flexibility index (Phi) is 6.06. The lowest BCUT2D eigenvalue weighted by Crippen LogP contribution is -2.75. The number of hydrogen-bond donors (Lipinski definition) is 0. The van der Waals surface area contributed by atoms with E-state index in [0.717, 1.165) is 5.56 Å². The van der Waals surface area contributed by atoms with Gasteiger partial charge in [0.05, 0.1) is 41.7 Å². The van der Waals surface area contributed by atoms with Crippen LogP contribution in [0.15, 0.2) is 41.8 Å². The summed E-state index contributed by atoms with van der Waals surface area (Å²) in [5, 5.41) is 10.5. The maximum atomic E-state index is 14.0. The van der Waals surface area contributed by atoms with Gasteiger partial charge >= 0.3 is 6.09 Å². The van der Waals surface area contributed by atoms with Crippen molar-refractivity contribution in [3.8, 4) is 6.07 Å². The van der Waals surface area contributed by atoms with Crippen molar-refractivity contribution < 1.29 is 22.7 Å². The molecule has 1 aromatic rings. The molecular formula is C24H31N3O5S. The Hall–Kier alpha value is -2.41. The van der Waals surface area contributed by atoms with Crippen molar-refractivity contribution in [1.82, 2.24) is 9.21 Å². The lowest BCUT2D eigenvalue weighted by atomic mass is 9.53. The first kappa shape index (κ1) is 23.7. The Labute approximate surface area is 195 Å². The number of piperidine rings is 1. The second kappa shape index (κ2) is 8.42. The minimum Gasteiger partial charge on any atom is -0.453 e. The highest BCUT2D eigenvalue weighted by molar-refractivity contribution is 7.89. The van der Waals surface area contributed by atoms with Crippen LogP contribution in [0.3, 0.4) is 0 Å². The van der Waals surface area contributed by atoms with Crippen LogP contribution < -0.4 is 0 Å². The van der Waals surface area contributed by atoms with Gasteiger partial charge < -0.3 is 9.47 Å². The first-order chi connectivity index (χ1) is 15.7. The molecule has 1 aliphatic carbocycles. The summed E-state index contributed by atoms with van der Waals surface area (Å²) in [6.07, 6.45) is 2.55. The average molecular weight is 474 g/mol. The van der Waals surface area contributed by atoms with Crippen LogP contribution in [0.25, 0.3) is 0 Å². The molecule has 0 aromatic heterocycles. The number of aryl methyl sites for hydroxylation is 1. The van der Waals surface area contributed by atoms with Gasteiger partial charge in [0.25, 0.3) is 0 Å². The third kappa shape index (κ3) is 3.30. The normalized spacial score (nSPS) is 33.4. The van der Waals surface area contributed by atoms with Crippen LogP contribution in [0.4, 0.5) is 4.79 Å². The summed E-state index contributed by atoms with van der Waals surface area (Å²) >= 11 is 0. The number of benzene rings is 1. The molecule has 2 heterocycles. The summed E-state index contributed by atoms with van der Waals surface area (Å²) in [7, 11) is -1.09. The Morgan fingerprint density at radius 3 is 2.61 bits per heavy atom. The fourth-order valence-electron chi connectivity index (χ4n) is 6.72. The Morgan fingerprint density at radius 1 is 1.33 bits per heavy atom. The fourth-order valence-corrected chi connectivity index (χ4v) is 8.48. The lowest BCUT2D eigenvalue weighted by Gasteiger charge is -2.60. The summed E-state index contributed by atoms with van der Waals surface area (Å²) in [4.78, 5) is 14.8. The van der Waals surface area contributed by atoms with Gasteiger partial charge in [-0.3, -0.25) is 4.90 Å². The van der Waals surface area contributed by atoms with Gasteiger partial charge in [-0.2, -0.15) is 9.57 Å². The predicted molar refractivity (Wildman–Crippen MR) is 122 cm³/mol. The van der Waals surface area contributed by atoms with Crippen molar-refractivity contribution >= 4 is 16.1 Å². The number of amides is 1. The number of sulfonamides is 1. The van der Waals surface area contributed by atoms with E-state index in [1.165, 1.54) is 11.4 Å². The molecule has 3 fully saturated rings. The van der Waals surface area contributed by atoms with E-state index in [2.05, 4.69) is 12.6 Å². The molecule has 0 N–H and O–H groups in total. The van der Waals surface area contributed by atoms with Crippen LogP contribution in [-0.4, -0.2) is 69.2 Å². The minimum absolute atomic E-state index is 0.0114. The van der Waals surface area contributed by atoms with E-state index in [9.17, 15) is 18.5 Å². The first-order valence-corrected chi connectivity index (χ1v) is 12.6. The molecule has 1 amide bonds. The summed E-state index contributed by atoms with van der Waals surface area (Å²) in [6.45, 7) is 6.57. The number of nitriles is 1. The Morgan fingerprint density at radius 2 is 2.03 bits per heavy atom. The second-order valence-electron chi connectivity index (χ2n) is 9.46.